The van der Waals surface area contributed by atoms with Crippen LogP contribution < -0.4 is 10.1 Å². The molecule has 24 heavy (non-hydrogen) atoms. The van der Waals surface area contributed by atoms with Crippen LogP contribution in [0.4, 0.5) is 13.2 Å². The standard InChI is InChI=1S/C16H20F3N3O2/c1-10(2)20-7-12(23)9-24-13-5-3-11(4-6-13)15-21-8-14(22-15)16(17,18)19/h3-6,8,10,12,20,23H,7,9H2,1-2H3,(H,21,22). The number of hydrogen-bond donors (Lipinski definition) is 3. The average Bonchev–Trinajstić information content (AvgIpc) is 3.01. The fraction of sp³-hybridized carbons (Fsp3) is 0.438. The summed E-state index contributed by atoms with van der Waals surface area (Å²) in [6, 6.07) is 6.72. The molecule has 0 amide bonds. The second kappa shape index (κ2) is 7.67. The van der Waals surface area contributed by atoms with Crippen LogP contribution in [0, 0.1) is 0 Å². The Morgan fingerprint density at radius 1 is 1.25 bits per heavy atom. The number of H-pyrrole nitrogens is 1. The summed E-state index contributed by atoms with van der Waals surface area (Å²) in [6.45, 7) is 4.50. The summed E-state index contributed by atoms with van der Waals surface area (Å²) >= 11 is 0. The van der Waals surface area contributed by atoms with E-state index in [0.29, 0.717) is 17.9 Å². The van der Waals surface area contributed by atoms with Gasteiger partial charge < -0.3 is 20.1 Å². The van der Waals surface area contributed by atoms with E-state index >= 15 is 0 Å². The van der Waals surface area contributed by atoms with Crippen LogP contribution in [0.5, 0.6) is 5.75 Å². The van der Waals surface area contributed by atoms with Crippen LogP contribution in [0.25, 0.3) is 11.4 Å². The molecule has 0 saturated heterocycles. The van der Waals surface area contributed by atoms with Gasteiger partial charge in [-0.25, -0.2) is 4.98 Å². The number of hydrogen-bond acceptors (Lipinski definition) is 4. The second-order valence-corrected chi connectivity index (χ2v) is 5.70. The number of imidazole rings is 1. The summed E-state index contributed by atoms with van der Waals surface area (Å²) in [5.41, 5.74) is -0.376. The highest BCUT2D eigenvalue weighted by molar-refractivity contribution is 5.56. The molecule has 1 aromatic heterocycles. The molecule has 0 aliphatic heterocycles. The van der Waals surface area contributed by atoms with Crippen molar-refractivity contribution in [2.24, 2.45) is 0 Å². The van der Waals surface area contributed by atoms with Crippen molar-refractivity contribution in [3.63, 3.8) is 0 Å². The number of aliphatic hydroxyl groups excluding tert-OH is 1. The van der Waals surface area contributed by atoms with Crippen molar-refractivity contribution < 1.29 is 23.0 Å². The lowest BCUT2D eigenvalue weighted by Gasteiger charge is -2.15. The molecule has 1 atom stereocenters. The molecule has 3 N–H and O–H groups in total. The number of ether oxygens (including phenoxy) is 1. The second-order valence-electron chi connectivity index (χ2n) is 5.70. The van der Waals surface area contributed by atoms with E-state index in [0.717, 1.165) is 6.20 Å². The number of benzene rings is 1. The molecule has 0 saturated carbocycles. The van der Waals surface area contributed by atoms with Gasteiger partial charge in [-0.2, -0.15) is 13.2 Å². The molecular weight excluding hydrogens is 323 g/mol. The summed E-state index contributed by atoms with van der Waals surface area (Å²) in [6.07, 6.45) is -4.33. The van der Waals surface area contributed by atoms with E-state index in [1.807, 2.05) is 13.8 Å². The lowest BCUT2D eigenvalue weighted by Crippen LogP contribution is -2.35. The Morgan fingerprint density at radius 2 is 1.92 bits per heavy atom. The summed E-state index contributed by atoms with van der Waals surface area (Å²) in [7, 11) is 0. The molecule has 2 rings (SSSR count). The molecule has 0 spiro atoms. The Labute approximate surface area is 137 Å². The van der Waals surface area contributed by atoms with Crippen LogP contribution in [-0.2, 0) is 6.18 Å². The highest BCUT2D eigenvalue weighted by Gasteiger charge is 2.33. The fourth-order valence-electron chi connectivity index (χ4n) is 1.94. The van der Waals surface area contributed by atoms with Crippen LogP contribution in [0.1, 0.15) is 19.5 Å². The van der Waals surface area contributed by atoms with Crippen molar-refractivity contribution in [1.82, 2.24) is 15.3 Å². The van der Waals surface area contributed by atoms with Crippen molar-refractivity contribution in [2.45, 2.75) is 32.2 Å². The number of halogens is 3. The van der Waals surface area contributed by atoms with Gasteiger partial charge in [0.2, 0.25) is 0 Å². The molecule has 2 aromatic rings. The lowest BCUT2D eigenvalue weighted by atomic mass is 10.2. The van der Waals surface area contributed by atoms with Crippen molar-refractivity contribution in [3.05, 3.63) is 36.2 Å². The molecule has 8 heteroatoms. The minimum absolute atomic E-state index is 0.123. The zero-order chi connectivity index (χ0) is 17.7. The maximum absolute atomic E-state index is 12.5. The number of nitrogens with zero attached hydrogens (tertiary/aromatic N) is 1. The van der Waals surface area contributed by atoms with E-state index < -0.39 is 18.0 Å². The van der Waals surface area contributed by atoms with Crippen LogP contribution in [0.15, 0.2) is 30.5 Å². The number of aliphatic hydroxyl groups is 1. The van der Waals surface area contributed by atoms with Crippen LogP contribution in [0.3, 0.4) is 0 Å². The first kappa shape index (κ1) is 18.3. The molecule has 5 nitrogen and oxygen atoms in total. The lowest BCUT2D eigenvalue weighted by molar-refractivity contribution is -0.140. The maximum atomic E-state index is 12.5. The van der Waals surface area contributed by atoms with Gasteiger partial charge in [0.1, 0.15) is 30.0 Å². The quantitative estimate of drug-likeness (QED) is 0.723. The molecule has 0 aliphatic carbocycles. The molecular formula is C16H20F3N3O2. The third-order valence-corrected chi connectivity index (χ3v) is 3.21. The smallest absolute Gasteiger partial charge is 0.432 e. The first-order chi connectivity index (χ1) is 11.3. The van der Waals surface area contributed by atoms with E-state index in [4.69, 9.17) is 4.74 Å². The van der Waals surface area contributed by atoms with Crippen molar-refractivity contribution in [1.29, 1.82) is 0 Å². The third kappa shape index (κ3) is 5.24. The zero-order valence-corrected chi connectivity index (χ0v) is 13.4. The number of alkyl halides is 3. The molecule has 1 aromatic carbocycles. The van der Waals surface area contributed by atoms with E-state index in [-0.39, 0.29) is 18.5 Å². The number of aromatic amines is 1. The Bertz CT molecular complexity index is 639. The Balaban J connectivity index is 1.92. The summed E-state index contributed by atoms with van der Waals surface area (Å²) in [5.74, 6) is 0.653. The number of rotatable bonds is 7. The monoisotopic (exact) mass is 343 g/mol. The molecule has 0 bridgehead atoms. The molecule has 0 aliphatic rings. The normalized spacial score (nSPS) is 13.3. The Hall–Kier alpha value is -2.06. The zero-order valence-electron chi connectivity index (χ0n) is 13.4. The average molecular weight is 343 g/mol. The van der Waals surface area contributed by atoms with Crippen molar-refractivity contribution >= 4 is 0 Å². The highest BCUT2D eigenvalue weighted by atomic mass is 19.4. The third-order valence-electron chi connectivity index (χ3n) is 3.21. The van der Waals surface area contributed by atoms with E-state index in [2.05, 4.69) is 15.3 Å². The van der Waals surface area contributed by atoms with Gasteiger partial charge in [-0.15, -0.1) is 0 Å². The van der Waals surface area contributed by atoms with Gasteiger partial charge in [-0.1, -0.05) is 13.8 Å². The minimum Gasteiger partial charge on any atom is -0.491 e. The highest BCUT2D eigenvalue weighted by Crippen LogP contribution is 2.29. The Morgan fingerprint density at radius 3 is 2.46 bits per heavy atom. The largest absolute Gasteiger partial charge is 0.491 e. The van der Waals surface area contributed by atoms with E-state index in [1.54, 1.807) is 24.3 Å². The predicted octanol–water partition coefficient (Wildman–Crippen LogP) is 2.83. The maximum Gasteiger partial charge on any atom is 0.432 e. The van der Waals surface area contributed by atoms with Crippen LogP contribution in [-0.4, -0.2) is 40.4 Å². The van der Waals surface area contributed by atoms with Gasteiger partial charge in [0.25, 0.3) is 0 Å². The molecule has 0 radical (unpaired) electrons. The van der Waals surface area contributed by atoms with Gasteiger partial charge in [-0.05, 0) is 24.3 Å². The molecule has 0 fully saturated rings. The predicted molar refractivity (Wildman–Crippen MR) is 83.7 cm³/mol. The first-order valence-electron chi connectivity index (χ1n) is 7.52. The van der Waals surface area contributed by atoms with Crippen LogP contribution in [0.2, 0.25) is 0 Å². The van der Waals surface area contributed by atoms with Gasteiger partial charge in [-0.3, -0.25) is 0 Å². The summed E-state index contributed by atoms with van der Waals surface area (Å²) in [4.78, 5) is 5.97. The molecule has 132 valence electrons. The van der Waals surface area contributed by atoms with Gasteiger partial charge >= 0.3 is 6.18 Å². The number of aromatic nitrogens is 2. The Kier molecular flexibility index (Phi) is 5.84. The van der Waals surface area contributed by atoms with E-state index in [1.165, 1.54) is 0 Å². The topological polar surface area (TPSA) is 70.2 Å². The number of nitrogens with one attached hydrogen (secondary N) is 2. The molecule has 1 heterocycles. The van der Waals surface area contributed by atoms with Crippen molar-refractivity contribution in [2.75, 3.05) is 13.2 Å². The van der Waals surface area contributed by atoms with Crippen molar-refractivity contribution in [3.8, 4) is 17.1 Å². The first-order valence-corrected chi connectivity index (χ1v) is 7.52. The van der Waals surface area contributed by atoms with Gasteiger partial charge in [0, 0.05) is 18.2 Å². The van der Waals surface area contributed by atoms with E-state index in [9.17, 15) is 18.3 Å². The molecule has 1 unspecified atom stereocenters. The van der Waals surface area contributed by atoms with Crippen LogP contribution >= 0.6 is 0 Å². The van der Waals surface area contributed by atoms with Gasteiger partial charge in [0.15, 0.2) is 0 Å². The summed E-state index contributed by atoms with van der Waals surface area (Å²) in [5, 5.41) is 12.9. The summed E-state index contributed by atoms with van der Waals surface area (Å²) < 4.78 is 43.1. The minimum atomic E-state index is -4.45. The SMILES string of the molecule is CC(C)NCC(O)COc1ccc(-c2ncc(C(F)(F)F)[nH]2)cc1. The fourth-order valence-corrected chi connectivity index (χ4v) is 1.94. The van der Waals surface area contributed by atoms with Gasteiger partial charge in [0.05, 0.1) is 6.20 Å².